The Bertz CT molecular complexity index is 576. The zero-order valence-electron chi connectivity index (χ0n) is 11.0. The van der Waals surface area contributed by atoms with E-state index in [0.717, 1.165) is 19.4 Å². The fourth-order valence-corrected chi connectivity index (χ4v) is 1.91. The van der Waals surface area contributed by atoms with E-state index >= 15 is 0 Å². The van der Waals surface area contributed by atoms with Crippen LogP contribution in [0, 0.1) is 16.0 Å². The number of rotatable bonds is 6. The summed E-state index contributed by atoms with van der Waals surface area (Å²) < 4.78 is 5.50. The molecule has 0 amide bonds. The van der Waals surface area contributed by atoms with Crippen LogP contribution in [0.4, 0.5) is 11.7 Å². The maximum absolute atomic E-state index is 10.7. The fraction of sp³-hybridized carbons (Fsp3) is 0.462. The predicted molar refractivity (Wildman–Crippen MR) is 73.2 cm³/mol. The number of benzene rings is 1. The van der Waals surface area contributed by atoms with Crippen LogP contribution in [0.3, 0.4) is 0 Å². The van der Waals surface area contributed by atoms with Crippen molar-refractivity contribution in [2.75, 3.05) is 11.9 Å². The van der Waals surface area contributed by atoms with Crippen molar-refractivity contribution in [1.29, 1.82) is 0 Å². The Balaban J connectivity index is 2.15. The lowest BCUT2D eigenvalue weighted by Crippen LogP contribution is -2.12. The average molecular weight is 263 g/mol. The Morgan fingerprint density at radius 2 is 2.16 bits per heavy atom. The van der Waals surface area contributed by atoms with Gasteiger partial charge in [-0.3, -0.25) is 10.1 Å². The van der Waals surface area contributed by atoms with Crippen molar-refractivity contribution in [2.24, 2.45) is 5.92 Å². The van der Waals surface area contributed by atoms with Crippen LogP contribution in [0.1, 0.15) is 26.7 Å². The van der Waals surface area contributed by atoms with Gasteiger partial charge in [-0.2, -0.15) is 4.98 Å². The zero-order chi connectivity index (χ0) is 13.8. The molecule has 1 heterocycles. The monoisotopic (exact) mass is 263 g/mol. The molecule has 6 heteroatoms. The number of fused-ring (bicyclic) bond motifs is 1. The highest BCUT2D eigenvalue weighted by molar-refractivity contribution is 5.77. The van der Waals surface area contributed by atoms with Gasteiger partial charge in [0.05, 0.1) is 4.92 Å². The second kappa shape index (κ2) is 5.69. The van der Waals surface area contributed by atoms with E-state index in [2.05, 4.69) is 24.1 Å². The SMILES string of the molecule is CCC(CC)CNc1nc2cc([N+](=O)[O-])ccc2o1. The molecule has 0 spiro atoms. The number of nitro benzene ring substituents is 1. The second-order valence-electron chi connectivity index (χ2n) is 4.49. The minimum atomic E-state index is -0.439. The molecule has 1 aromatic carbocycles. The summed E-state index contributed by atoms with van der Waals surface area (Å²) in [5.74, 6) is 0.573. The molecule has 0 aliphatic rings. The minimum absolute atomic E-state index is 0.0207. The van der Waals surface area contributed by atoms with Crippen molar-refractivity contribution < 1.29 is 9.34 Å². The van der Waals surface area contributed by atoms with Gasteiger partial charge in [0, 0.05) is 18.7 Å². The number of anilines is 1. The van der Waals surface area contributed by atoms with Crippen LogP contribution in [0.2, 0.25) is 0 Å². The standard InChI is InChI=1S/C13H17N3O3/c1-3-9(4-2)8-14-13-15-11-7-10(16(17)18)5-6-12(11)19-13/h5-7,9H,3-4,8H2,1-2H3,(H,14,15). The van der Waals surface area contributed by atoms with Gasteiger partial charge in [-0.15, -0.1) is 0 Å². The topological polar surface area (TPSA) is 81.2 Å². The molecule has 0 radical (unpaired) electrons. The van der Waals surface area contributed by atoms with E-state index in [9.17, 15) is 10.1 Å². The van der Waals surface area contributed by atoms with Gasteiger partial charge < -0.3 is 9.73 Å². The number of nitrogens with zero attached hydrogens (tertiary/aromatic N) is 2. The molecule has 1 aromatic heterocycles. The summed E-state index contributed by atoms with van der Waals surface area (Å²) >= 11 is 0. The summed E-state index contributed by atoms with van der Waals surface area (Å²) in [4.78, 5) is 14.5. The molecule has 0 atom stereocenters. The lowest BCUT2D eigenvalue weighted by molar-refractivity contribution is -0.384. The fourth-order valence-electron chi connectivity index (χ4n) is 1.91. The third-order valence-electron chi connectivity index (χ3n) is 3.28. The Hall–Kier alpha value is -2.11. The number of nitro groups is 1. The zero-order valence-corrected chi connectivity index (χ0v) is 11.0. The molecule has 0 aliphatic carbocycles. The lowest BCUT2D eigenvalue weighted by atomic mass is 10.0. The van der Waals surface area contributed by atoms with E-state index < -0.39 is 4.92 Å². The lowest BCUT2D eigenvalue weighted by Gasteiger charge is -2.11. The Labute approximate surface area is 111 Å². The maximum Gasteiger partial charge on any atom is 0.295 e. The van der Waals surface area contributed by atoms with Gasteiger partial charge in [-0.1, -0.05) is 26.7 Å². The summed E-state index contributed by atoms with van der Waals surface area (Å²) in [5, 5.41) is 13.8. The van der Waals surface area contributed by atoms with E-state index in [0.29, 0.717) is 23.0 Å². The van der Waals surface area contributed by atoms with E-state index in [4.69, 9.17) is 4.42 Å². The van der Waals surface area contributed by atoms with Gasteiger partial charge in [0.25, 0.3) is 11.7 Å². The number of oxazole rings is 1. The van der Waals surface area contributed by atoms with Crippen LogP contribution in [0.25, 0.3) is 11.1 Å². The molecule has 0 aliphatic heterocycles. The first-order valence-electron chi connectivity index (χ1n) is 6.42. The third-order valence-corrected chi connectivity index (χ3v) is 3.28. The van der Waals surface area contributed by atoms with Gasteiger partial charge in [0.1, 0.15) is 5.52 Å². The first kappa shape index (κ1) is 13.3. The highest BCUT2D eigenvalue weighted by atomic mass is 16.6. The van der Waals surface area contributed by atoms with E-state index in [-0.39, 0.29) is 5.69 Å². The predicted octanol–water partition coefficient (Wildman–Crippen LogP) is 3.58. The van der Waals surface area contributed by atoms with Crippen molar-refractivity contribution >= 4 is 22.8 Å². The number of aromatic nitrogens is 1. The summed E-state index contributed by atoms with van der Waals surface area (Å²) in [6, 6.07) is 4.82. The molecular formula is C13H17N3O3. The van der Waals surface area contributed by atoms with Gasteiger partial charge in [-0.05, 0) is 12.0 Å². The molecule has 2 rings (SSSR count). The van der Waals surface area contributed by atoms with Crippen molar-refractivity contribution in [1.82, 2.24) is 4.98 Å². The van der Waals surface area contributed by atoms with Crippen molar-refractivity contribution in [2.45, 2.75) is 26.7 Å². The molecule has 0 unspecified atom stereocenters. The van der Waals surface area contributed by atoms with Crippen molar-refractivity contribution in [3.05, 3.63) is 28.3 Å². The highest BCUT2D eigenvalue weighted by Crippen LogP contribution is 2.23. The van der Waals surface area contributed by atoms with Gasteiger partial charge in [0.15, 0.2) is 5.58 Å². The van der Waals surface area contributed by atoms with E-state index in [1.165, 1.54) is 12.1 Å². The van der Waals surface area contributed by atoms with E-state index in [1.54, 1.807) is 6.07 Å². The van der Waals surface area contributed by atoms with Gasteiger partial charge in [0.2, 0.25) is 0 Å². The smallest absolute Gasteiger partial charge is 0.295 e. The summed E-state index contributed by atoms with van der Waals surface area (Å²) in [6.45, 7) is 5.08. The Kier molecular flexibility index (Phi) is 3.99. The van der Waals surface area contributed by atoms with Crippen molar-refractivity contribution in [3.63, 3.8) is 0 Å². The molecule has 0 fully saturated rings. The van der Waals surface area contributed by atoms with Crippen LogP contribution < -0.4 is 5.32 Å². The number of hydrogen-bond donors (Lipinski definition) is 1. The average Bonchev–Trinajstić information content (AvgIpc) is 2.81. The first-order valence-corrected chi connectivity index (χ1v) is 6.42. The maximum atomic E-state index is 10.7. The van der Waals surface area contributed by atoms with Crippen molar-refractivity contribution in [3.8, 4) is 0 Å². The van der Waals surface area contributed by atoms with Crippen LogP contribution in [0.15, 0.2) is 22.6 Å². The highest BCUT2D eigenvalue weighted by Gasteiger charge is 2.12. The van der Waals surface area contributed by atoms with Crippen LogP contribution in [-0.4, -0.2) is 16.5 Å². The quantitative estimate of drug-likeness (QED) is 0.636. The molecule has 19 heavy (non-hydrogen) atoms. The Morgan fingerprint density at radius 1 is 1.42 bits per heavy atom. The molecule has 0 saturated heterocycles. The normalized spacial score (nSPS) is 11.1. The molecule has 1 N–H and O–H groups in total. The second-order valence-corrected chi connectivity index (χ2v) is 4.49. The van der Waals surface area contributed by atoms with Gasteiger partial charge in [-0.25, -0.2) is 0 Å². The molecule has 0 bridgehead atoms. The number of non-ortho nitro benzene ring substituents is 1. The Morgan fingerprint density at radius 3 is 2.79 bits per heavy atom. The molecule has 2 aromatic rings. The van der Waals surface area contributed by atoms with Crippen LogP contribution in [-0.2, 0) is 0 Å². The summed E-state index contributed by atoms with van der Waals surface area (Å²) in [5.41, 5.74) is 1.08. The molecule has 102 valence electrons. The molecule has 0 saturated carbocycles. The number of hydrogen-bond acceptors (Lipinski definition) is 5. The van der Waals surface area contributed by atoms with Gasteiger partial charge >= 0.3 is 0 Å². The van der Waals surface area contributed by atoms with E-state index in [1.807, 2.05) is 0 Å². The summed E-state index contributed by atoms with van der Waals surface area (Å²) in [7, 11) is 0. The van der Waals surface area contributed by atoms with Crippen LogP contribution in [0.5, 0.6) is 0 Å². The summed E-state index contributed by atoms with van der Waals surface area (Å²) in [6.07, 6.45) is 2.18. The number of nitrogens with one attached hydrogen (secondary N) is 1. The van der Waals surface area contributed by atoms with Crippen LogP contribution >= 0.6 is 0 Å². The minimum Gasteiger partial charge on any atom is -0.424 e. The largest absolute Gasteiger partial charge is 0.424 e. The third kappa shape index (κ3) is 3.01. The molecular weight excluding hydrogens is 246 g/mol. The molecule has 6 nitrogen and oxygen atoms in total. The first-order chi connectivity index (χ1) is 9.13.